The van der Waals surface area contributed by atoms with Crippen molar-refractivity contribution in [3.05, 3.63) is 0 Å². The molecule has 0 atom stereocenters. The number of aliphatic imine (C=N–C) groups is 1. The predicted octanol–water partition coefficient (Wildman–Crippen LogP) is 0.846. The van der Waals surface area contributed by atoms with Gasteiger partial charge in [-0.05, 0) is 31.6 Å². The van der Waals surface area contributed by atoms with Gasteiger partial charge in [-0.25, -0.2) is 0 Å². The van der Waals surface area contributed by atoms with Crippen LogP contribution in [0.5, 0.6) is 0 Å². The molecule has 2 aliphatic heterocycles. The first-order chi connectivity index (χ1) is 12.3. The number of halogens is 1. The Morgan fingerprint density at radius 3 is 2.38 bits per heavy atom. The summed E-state index contributed by atoms with van der Waals surface area (Å²) in [6.07, 6.45) is 4.98. The molecule has 0 spiro atoms. The smallest absolute Gasteiger partial charge is 0.236 e. The number of hydrogen-bond acceptors (Lipinski definition) is 4. The Labute approximate surface area is 174 Å². The number of carbonyl (C=O) groups excluding carboxylic acids is 1. The zero-order valence-electron chi connectivity index (χ0n) is 16.0. The quantitative estimate of drug-likeness (QED) is 0.254. The van der Waals surface area contributed by atoms with E-state index >= 15 is 0 Å². The SMILES string of the molecule is CN=C(NCCOCC1CC1)N1CCN(CC(=O)N2CCCC2)CC1.I. The van der Waals surface area contributed by atoms with E-state index in [-0.39, 0.29) is 24.0 Å². The maximum absolute atomic E-state index is 12.3. The lowest BCUT2D eigenvalue weighted by Gasteiger charge is -2.36. The average molecular weight is 479 g/mol. The minimum Gasteiger partial charge on any atom is -0.379 e. The summed E-state index contributed by atoms with van der Waals surface area (Å²) in [6, 6.07) is 0. The van der Waals surface area contributed by atoms with Gasteiger partial charge >= 0.3 is 0 Å². The second-order valence-corrected chi connectivity index (χ2v) is 7.34. The van der Waals surface area contributed by atoms with E-state index in [2.05, 4.69) is 20.1 Å². The van der Waals surface area contributed by atoms with E-state index < -0.39 is 0 Å². The lowest BCUT2D eigenvalue weighted by Crippen LogP contribution is -2.54. The Balaban J connectivity index is 0.00000243. The fraction of sp³-hybridized carbons (Fsp3) is 0.889. The van der Waals surface area contributed by atoms with Crippen LogP contribution in [0.25, 0.3) is 0 Å². The van der Waals surface area contributed by atoms with Crippen molar-refractivity contribution in [1.82, 2.24) is 20.0 Å². The predicted molar refractivity (Wildman–Crippen MR) is 114 cm³/mol. The summed E-state index contributed by atoms with van der Waals surface area (Å²) >= 11 is 0. The lowest BCUT2D eigenvalue weighted by molar-refractivity contribution is -0.131. The van der Waals surface area contributed by atoms with Gasteiger partial charge in [0.15, 0.2) is 5.96 Å². The maximum Gasteiger partial charge on any atom is 0.236 e. The van der Waals surface area contributed by atoms with Crippen LogP contribution in [0.4, 0.5) is 0 Å². The van der Waals surface area contributed by atoms with E-state index in [9.17, 15) is 4.79 Å². The summed E-state index contributed by atoms with van der Waals surface area (Å²) in [6.45, 7) is 8.55. The van der Waals surface area contributed by atoms with E-state index in [0.29, 0.717) is 12.5 Å². The molecule has 0 aromatic carbocycles. The minimum atomic E-state index is 0. The molecule has 150 valence electrons. The number of likely N-dealkylation sites (tertiary alicyclic amines) is 1. The summed E-state index contributed by atoms with van der Waals surface area (Å²) in [5, 5.41) is 3.39. The summed E-state index contributed by atoms with van der Waals surface area (Å²) in [4.78, 5) is 23.2. The van der Waals surface area contributed by atoms with Crippen LogP contribution in [-0.2, 0) is 9.53 Å². The molecule has 2 heterocycles. The van der Waals surface area contributed by atoms with Gasteiger partial charge in [0.2, 0.25) is 5.91 Å². The second kappa shape index (κ2) is 11.3. The van der Waals surface area contributed by atoms with Crippen molar-refractivity contribution in [1.29, 1.82) is 0 Å². The van der Waals surface area contributed by atoms with Crippen LogP contribution >= 0.6 is 24.0 Å². The van der Waals surface area contributed by atoms with Gasteiger partial charge < -0.3 is 19.9 Å². The third-order valence-corrected chi connectivity index (χ3v) is 5.28. The van der Waals surface area contributed by atoms with Crippen molar-refractivity contribution >= 4 is 35.8 Å². The van der Waals surface area contributed by atoms with Gasteiger partial charge in [-0.15, -0.1) is 24.0 Å². The number of amides is 1. The van der Waals surface area contributed by atoms with Crippen molar-refractivity contribution in [3.8, 4) is 0 Å². The van der Waals surface area contributed by atoms with E-state index in [0.717, 1.165) is 83.7 Å². The van der Waals surface area contributed by atoms with Gasteiger partial charge in [-0.1, -0.05) is 0 Å². The Morgan fingerprint density at radius 2 is 1.77 bits per heavy atom. The number of hydrogen-bond donors (Lipinski definition) is 1. The second-order valence-electron chi connectivity index (χ2n) is 7.34. The van der Waals surface area contributed by atoms with E-state index in [4.69, 9.17) is 4.74 Å². The summed E-state index contributed by atoms with van der Waals surface area (Å²) < 4.78 is 5.66. The summed E-state index contributed by atoms with van der Waals surface area (Å²) in [5.41, 5.74) is 0. The fourth-order valence-electron chi connectivity index (χ4n) is 3.48. The number of rotatable bonds is 7. The zero-order valence-corrected chi connectivity index (χ0v) is 18.3. The molecule has 1 saturated carbocycles. The normalized spacial score (nSPS) is 21.7. The maximum atomic E-state index is 12.3. The van der Waals surface area contributed by atoms with Gasteiger partial charge in [0.1, 0.15) is 0 Å². The molecule has 1 aliphatic carbocycles. The van der Waals surface area contributed by atoms with E-state index in [1.54, 1.807) is 0 Å². The minimum absolute atomic E-state index is 0. The third-order valence-electron chi connectivity index (χ3n) is 5.28. The highest BCUT2D eigenvalue weighted by molar-refractivity contribution is 14.0. The van der Waals surface area contributed by atoms with E-state index in [1.165, 1.54) is 12.8 Å². The van der Waals surface area contributed by atoms with Crippen molar-refractivity contribution in [2.45, 2.75) is 25.7 Å². The van der Waals surface area contributed by atoms with Crippen molar-refractivity contribution < 1.29 is 9.53 Å². The van der Waals surface area contributed by atoms with Gasteiger partial charge in [-0.3, -0.25) is 14.7 Å². The third kappa shape index (κ3) is 6.84. The van der Waals surface area contributed by atoms with Crippen molar-refractivity contribution in [2.75, 3.05) is 72.6 Å². The Morgan fingerprint density at radius 1 is 1.08 bits per heavy atom. The van der Waals surface area contributed by atoms with E-state index in [1.807, 2.05) is 11.9 Å². The van der Waals surface area contributed by atoms with Crippen LogP contribution in [0, 0.1) is 5.92 Å². The molecule has 1 amide bonds. The first kappa shape index (κ1) is 21.7. The molecule has 3 fully saturated rings. The van der Waals surface area contributed by atoms with Crippen molar-refractivity contribution in [2.24, 2.45) is 10.9 Å². The summed E-state index contributed by atoms with van der Waals surface area (Å²) in [5.74, 6) is 2.05. The molecule has 3 aliphatic rings. The molecular weight excluding hydrogens is 445 g/mol. The number of guanidine groups is 1. The van der Waals surface area contributed by atoms with Crippen LogP contribution < -0.4 is 5.32 Å². The topological polar surface area (TPSA) is 60.4 Å². The van der Waals surface area contributed by atoms with Crippen molar-refractivity contribution in [3.63, 3.8) is 0 Å². The molecule has 7 nitrogen and oxygen atoms in total. The number of carbonyl (C=O) groups is 1. The Hall–Kier alpha value is -0.610. The zero-order chi connectivity index (χ0) is 17.5. The van der Waals surface area contributed by atoms with Crippen LogP contribution in [0.1, 0.15) is 25.7 Å². The van der Waals surface area contributed by atoms with Gasteiger partial charge in [0, 0.05) is 59.5 Å². The molecule has 0 bridgehead atoms. The molecular formula is C18H34IN5O2. The molecule has 0 radical (unpaired) electrons. The highest BCUT2D eigenvalue weighted by Crippen LogP contribution is 2.28. The Bertz CT molecular complexity index is 458. The molecule has 0 aromatic heterocycles. The van der Waals surface area contributed by atoms with Crippen LogP contribution in [0.2, 0.25) is 0 Å². The molecule has 3 rings (SSSR count). The highest BCUT2D eigenvalue weighted by atomic mass is 127. The summed E-state index contributed by atoms with van der Waals surface area (Å²) in [7, 11) is 1.83. The van der Waals surface area contributed by atoms with Crippen LogP contribution in [0.3, 0.4) is 0 Å². The largest absolute Gasteiger partial charge is 0.379 e. The molecule has 26 heavy (non-hydrogen) atoms. The lowest BCUT2D eigenvalue weighted by atomic mass is 10.3. The number of nitrogens with one attached hydrogen (secondary N) is 1. The average Bonchev–Trinajstić information content (AvgIpc) is 3.29. The Kier molecular flexibility index (Phi) is 9.41. The first-order valence-electron chi connectivity index (χ1n) is 9.79. The number of nitrogens with zero attached hydrogens (tertiary/aromatic N) is 4. The number of piperazine rings is 1. The fourth-order valence-corrected chi connectivity index (χ4v) is 3.48. The van der Waals surface area contributed by atoms with Gasteiger partial charge in [0.25, 0.3) is 0 Å². The first-order valence-corrected chi connectivity index (χ1v) is 9.79. The van der Waals surface area contributed by atoms with Gasteiger partial charge in [0.05, 0.1) is 13.2 Å². The highest BCUT2D eigenvalue weighted by Gasteiger charge is 2.24. The van der Waals surface area contributed by atoms with Gasteiger partial charge in [-0.2, -0.15) is 0 Å². The molecule has 2 saturated heterocycles. The standard InChI is InChI=1S/C18H33N5O2.HI/c1-19-18(20-6-13-25-15-16-4-5-16)23-11-9-21(10-12-23)14-17(24)22-7-2-3-8-22;/h16H,2-15H2,1H3,(H,19,20);1H. The monoisotopic (exact) mass is 479 g/mol. The molecule has 0 unspecified atom stereocenters. The molecule has 0 aromatic rings. The number of ether oxygens (including phenoxy) is 1. The molecule has 1 N–H and O–H groups in total. The molecule has 8 heteroatoms. The van der Waals surface area contributed by atoms with Crippen LogP contribution in [-0.4, -0.2) is 99.2 Å². The van der Waals surface area contributed by atoms with Crippen LogP contribution in [0.15, 0.2) is 4.99 Å².